The third-order valence-electron chi connectivity index (χ3n) is 2.81. The van der Waals surface area contributed by atoms with Crippen LogP contribution in [0.3, 0.4) is 0 Å². The molecule has 3 nitrogen and oxygen atoms in total. The van der Waals surface area contributed by atoms with Crippen molar-refractivity contribution in [2.45, 2.75) is 71.9 Å². The van der Waals surface area contributed by atoms with Crippen LogP contribution in [0.15, 0.2) is 0 Å². The fraction of sp³-hybridized carbons (Fsp3) is 0.923. The van der Waals surface area contributed by atoms with Crippen molar-refractivity contribution in [3.8, 4) is 0 Å². The topological polar surface area (TPSA) is 49.3 Å². The molecule has 0 rings (SSSR count). The zero-order valence-electron chi connectivity index (χ0n) is 11.1. The molecule has 0 fully saturated rings. The lowest BCUT2D eigenvalue weighted by Gasteiger charge is -2.20. The number of carboxylic acid groups (broad SMARTS) is 1. The highest BCUT2D eigenvalue weighted by Gasteiger charge is 2.18. The Labute approximate surface area is 99.6 Å². The summed E-state index contributed by atoms with van der Waals surface area (Å²) >= 11 is 0. The van der Waals surface area contributed by atoms with Crippen molar-refractivity contribution < 1.29 is 9.90 Å². The van der Waals surface area contributed by atoms with Gasteiger partial charge in [-0.1, -0.05) is 33.6 Å². The Bertz CT molecular complexity index is 192. The van der Waals surface area contributed by atoms with E-state index in [0.29, 0.717) is 12.0 Å². The molecule has 0 saturated carbocycles. The summed E-state index contributed by atoms with van der Waals surface area (Å²) in [5, 5.41) is 12.3. The van der Waals surface area contributed by atoms with E-state index in [1.165, 1.54) is 0 Å². The Kier molecular flexibility index (Phi) is 8.26. The first-order valence-corrected chi connectivity index (χ1v) is 6.46. The molecule has 3 heteroatoms. The minimum absolute atomic E-state index is 0.292. The molecule has 16 heavy (non-hydrogen) atoms. The van der Waals surface area contributed by atoms with E-state index in [4.69, 9.17) is 5.11 Å². The van der Waals surface area contributed by atoms with E-state index in [1.54, 1.807) is 0 Å². The predicted molar refractivity (Wildman–Crippen MR) is 67.6 cm³/mol. The van der Waals surface area contributed by atoms with Crippen LogP contribution in [0.25, 0.3) is 0 Å². The fourth-order valence-electron chi connectivity index (χ4n) is 1.70. The summed E-state index contributed by atoms with van der Waals surface area (Å²) in [6, 6.07) is -0.0810. The van der Waals surface area contributed by atoms with Crippen LogP contribution in [0.5, 0.6) is 0 Å². The van der Waals surface area contributed by atoms with Crippen LogP contribution in [-0.4, -0.2) is 23.2 Å². The highest BCUT2D eigenvalue weighted by molar-refractivity contribution is 5.73. The number of hydrogen-bond acceptors (Lipinski definition) is 2. The van der Waals surface area contributed by atoms with Gasteiger partial charge in [0, 0.05) is 6.04 Å². The van der Waals surface area contributed by atoms with Gasteiger partial charge < -0.3 is 10.4 Å². The van der Waals surface area contributed by atoms with Gasteiger partial charge in [-0.2, -0.15) is 0 Å². The van der Waals surface area contributed by atoms with Gasteiger partial charge in [-0.25, -0.2) is 0 Å². The summed E-state index contributed by atoms with van der Waals surface area (Å²) in [7, 11) is 0. The summed E-state index contributed by atoms with van der Waals surface area (Å²) in [5.74, 6) is -0.0342. The molecule has 0 aliphatic rings. The van der Waals surface area contributed by atoms with Gasteiger partial charge in [-0.3, -0.25) is 4.79 Å². The molecule has 0 spiro atoms. The Morgan fingerprint density at radius 1 is 1.19 bits per heavy atom. The molecular formula is C13H27NO2. The SMILES string of the molecule is CCCCC(NC(C)CCC(C)C)C(=O)O. The van der Waals surface area contributed by atoms with Crippen molar-refractivity contribution in [1.29, 1.82) is 0 Å². The standard InChI is InChI=1S/C13H27NO2/c1-5-6-7-12(13(15)16)14-11(4)9-8-10(2)3/h10-12,14H,5-9H2,1-4H3,(H,15,16). The van der Waals surface area contributed by atoms with Gasteiger partial charge in [0.15, 0.2) is 0 Å². The van der Waals surface area contributed by atoms with E-state index in [2.05, 4.69) is 33.0 Å². The zero-order chi connectivity index (χ0) is 12.6. The highest BCUT2D eigenvalue weighted by atomic mass is 16.4. The Hall–Kier alpha value is -0.570. The molecule has 0 saturated heterocycles. The quantitative estimate of drug-likeness (QED) is 0.639. The second kappa shape index (κ2) is 8.57. The molecule has 0 aliphatic heterocycles. The van der Waals surface area contributed by atoms with Crippen LogP contribution in [0.4, 0.5) is 0 Å². The van der Waals surface area contributed by atoms with Gasteiger partial charge in [0.2, 0.25) is 0 Å². The number of carboxylic acids is 1. The van der Waals surface area contributed by atoms with Crippen LogP contribution in [0, 0.1) is 5.92 Å². The largest absolute Gasteiger partial charge is 0.480 e. The van der Waals surface area contributed by atoms with Crippen LogP contribution in [-0.2, 0) is 4.79 Å². The molecule has 2 atom stereocenters. The molecule has 2 N–H and O–H groups in total. The minimum atomic E-state index is -0.718. The lowest BCUT2D eigenvalue weighted by molar-refractivity contribution is -0.139. The molecule has 2 unspecified atom stereocenters. The number of rotatable bonds is 9. The number of unbranched alkanes of at least 4 members (excludes halogenated alkanes) is 1. The third-order valence-corrected chi connectivity index (χ3v) is 2.81. The molecular weight excluding hydrogens is 202 g/mol. The maximum absolute atomic E-state index is 11.0. The van der Waals surface area contributed by atoms with E-state index in [0.717, 1.165) is 32.1 Å². The van der Waals surface area contributed by atoms with Crippen molar-refractivity contribution in [2.24, 2.45) is 5.92 Å². The monoisotopic (exact) mass is 229 g/mol. The summed E-state index contributed by atoms with van der Waals surface area (Å²) in [6.45, 7) is 8.54. The first-order chi connectivity index (χ1) is 7.47. The first-order valence-electron chi connectivity index (χ1n) is 6.46. The normalized spacial score (nSPS) is 15.1. The van der Waals surface area contributed by atoms with E-state index in [-0.39, 0.29) is 6.04 Å². The maximum Gasteiger partial charge on any atom is 0.320 e. The summed E-state index contributed by atoms with van der Waals surface area (Å²) in [6.07, 6.45) is 4.95. The molecule has 0 aliphatic carbocycles. The van der Waals surface area contributed by atoms with Crippen molar-refractivity contribution in [3.63, 3.8) is 0 Å². The van der Waals surface area contributed by atoms with Crippen molar-refractivity contribution in [2.75, 3.05) is 0 Å². The third kappa shape index (κ3) is 7.69. The highest BCUT2D eigenvalue weighted by Crippen LogP contribution is 2.09. The van der Waals surface area contributed by atoms with Crippen LogP contribution < -0.4 is 5.32 Å². The minimum Gasteiger partial charge on any atom is -0.480 e. The van der Waals surface area contributed by atoms with Crippen molar-refractivity contribution in [1.82, 2.24) is 5.32 Å². The number of hydrogen-bond donors (Lipinski definition) is 2. The average Bonchev–Trinajstić information content (AvgIpc) is 2.20. The molecule has 0 aromatic heterocycles. The second-order valence-corrected chi connectivity index (χ2v) is 5.07. The Morgan fingerprint density at radius 2 is 1.81 bits per heavy atom. The van der Waals surface area contributed by atoms with Crippen LogP contribution in [0.1, 0.15) is 59.8 Å². The zero-order valence-corrected chi connectivity index (χ0v) is 11.1. The average molecular weight is 229 g/mol. The van der Waals surface area contributed by atoms with E-state index in [1.807, 2.05) is 0 Å². The van der Waals surface area contributed by atoms with Gasteiger partial charge in [-0.15, -0.1) is 0 Å². The van der Waals surface area contributed by atoms with Crippen molar-refractivity contribution in [3.05, 3.63) is 0 Å². The molecule has 0 heterocycles. The number of aliphatic carboxylic acids is 1. The molecule has 0 aromatic carbocycles. The molecule has 0 amide bonds. The van der Waals surface area contributed by atoms with Crippen LogP contribution >= 0.6 is 0 Å². The van der Waals surface area contributed by atoms with Gasteiger partial charge in [-0.05, 0) is 32.1 Å². The second-order valence-electron chi connectivity index (χ2n) is 5.07. The van der Waals surface area contributed by atoms with E-state index in [9.17, 15) is 4.79 Å². The van der Waals surface area contributed by atoms with Gasteiger partial charge in [0.1, 0.15) is 6.04 Å². The number of nitrogens with one attached hydrogen (secondary N) is 1. The summed E-state index contributed by atoms with van der Waals surface area (Å²) in [5.41, 5.74) is 0. The molecule has 0 radical (unpaired) electrons. The number of carbonyl (C=O) groups is 1. The van der Waals surface area contributed by atoms with Gasteiger partial charge in [0.05, 0.1) is 0 Å². The lowest BCUT2D eigenvalue weighted by atomic mass is 10.0. The van der Waals surface area contributed by atoms with Crippen LogP contribution in [0.2, 0.25) is 0 Å². The summed E-state index contributed by atoms with van der Waals surface area (Å²) in [4.78, 5) is 11.0. The maximum atomic E-state index is 11.0. The van der Waals surface area contributed by atoms with Gasteiger partial charge >= 0.3 is 5.97 Å². The lowest BCUT2D eigenvalue weighted by Crippen LogP contribution is -2.42. The van der Waals surface area contributed by atoms with E-state index >= 15 is 0 Å². The van der Waals surface area contributed by atoms with Gasteiger partial charge in [0.25, 0.3) is 0 Å². The fourth-order valence-corrected chi connectivity index (χ4v) is 1.70. The van der Waals surface area contributed by atoms with Crippen molar-refractivity contribution >= 4 is 5.97 Å². The first kappa shape index (κ1) is 15.4. The molecule has 0 bridgehead atoms. The molecule has 0 aromatic rings. The Balaban J connectivity index is 3.92. The smallest absolute Gasteiger partial charge is 0.320 e. The Morgan fingerprint density at radius 3 is 2.25 bits per heavy atom. The predicted octanol–water partition coefficient (Wildman–Crippen LogP) is 3.04. The van der Waals surface area contributed by atoms with E-state index < -0.39 is 5.97 Å². The summed E-state index contributed by atoms with van der Waals surface area (Å²) < 4.78 is 0. The molecule has 96 valence electrons.